The Morgan fingerprint density at radius 1 is 1.20 bits per heavy atom. The maximum Gasteiger partial charge on any atom is 0.271 e. The van der Waals surface area contributed by atoms with Gasteiger partial charge in [-0.25, -0.2) is 5.43 Å². The molecule has 0 aliphatic rings. The highest BCUT2D eigenvalue weighted by Crippen LogP contribution is 2.37. The zero-order valence-electron chi connectivity index (χ0n) is 15.9. The number of aromatic hydroxyl groups is 1. The SMILES string of the molecule is COc1cc(/C=N\NC(=O)c2ccc(O)cc2)cc(Br)c1OCc1ccccc1Cl. The van der Waals surface area contributed by atoms with Crippen molar-refractivity contribution in [3.63, 3.8) is 0 Å². The fourth-order valence-electron chi connectivity index (χ4n) is 2.56. The summed E-state index contributed by atoms with van der Waals surface area (Å²) in [6.07, 6.45) is 1.49. The van der Waals surface area contributed by atoms with E-state index in [2.05, 4.69) is 26.5 Å². The Hall–Kier alpha value is -3.03. The van der Waals surface area contributed by atoms with Gasteiger partial charge in [0.25, 0.3) is 5.91 Å². The average Bonchev–Trinajstić information content (AvgIpc) is 2.74. The van der Waals surface area contributed by atoms with Crippen LogP contribution < -0.4 is 14.9 Å². The Kier molecular flexibility index (Phi) is 7.32. The van der Waals surface area contributed by atoms with Crippen molar-refractivity contribution in [3.8, 4) is 17.2 Å². The van der Waals surface area contributed by atoms with Crippen molar-refractivity contribution in [3.05, 3.63) is 86.8 Å². The summed E-state index contributed by atoms with van der Waals surface area (Å²) in [5, 5.41) is 13.9. The minimum Gasteiger partial charge on any atom is -0.508 e. The van der Waals surface area contributed by atoms with E-state index in [4.69, 9.17) is 21.1 Å². The third-order valence-corrected chi connectivity index (χ3v) is 5.05. The number of methoxy groups -OCH3 is 1. The highest BCUT2D eigenvalue weighted by atomic mass is 79.9. The molecule has 0 fully saturated rings. The summed E-state index contributed by atoms with van der Waals surface area (Å²) in [6, 6.07) is 16.8. The molecule has 3 rings (SSSR count). The molecule has 154 valence electrons. The zero-order valence-corrected chi connectivity index (χ0v) is 18.3. The Bertz CT molecular complexity index is 1070. The van der Waals surface area contributed by atoms with E-state index in [9.17, 15) is 9.90 Å². The van der Waals surface area contributed by atoms with Gasteiger partial charge in [0, 0.05) is 16.1 Å². The first-order valence-corrected chi connectivity index (χ1v) is 10.0. The standard InChI is InChI=1S/C22H18BrClN2O4/c1-29-20-11-14(12-25-26-22(28)15-6-8-17(27)9-7-15)10-18(23)21(20)30-13-16-4-2-3-5-19(16)24/h2-12,27H,13H2,1H3,(H,26,28)/b25-12-. The van der Waals surface area contributed by atoms with Crippen LogP contribution in [-0.4, -0.2) is 24.3 Å². The molecule has 0 radical (unpaired) electrons. The topological polar surface area (TPSA) is 80.2 Å². The van der Waals surface area contributed by atoms with Gasteiger partial charge in [-0.15, -0.1) is 0 Å². The molecule has 0 saturated carbocycles. The molecule has 0 unspecified atom stereocenters. The molecule has 6 nitrogen and oxygen atoms in total. The van der Waals surface area contributed by atoms with Gasteiger partial charge in [-0.05, 0) is 64.0 Å². The molecule has 1 amide bonds. The number of phenols is 1. The fraction of sp³-hybridized carbons (Fsp3) is 0.0909. The van der Waals surface area contributed by atoms with Crippen molar-refractivity contribution in [1.29, 1.82) is 0 Å². The minimum absolute atomic E-state index is 0.0869. The lowest BCUT2D eigenvalue weighted by molar-refractivity contribution is 0.0955. The fourth-order valence-corrected chi connectivity index (χ4v) is 3.33. The molecule has 0 heterocycles. The molecule has 0 aliphatic heterocycles. The number of hydrogen-bond donors (Lipinski definition) is 2. The Morgan fingerprint density at radius 2 is 1.93 bits per heavy atom. The second-order valence-electron chi connectivity index (χ2n) is 6.16. The van der Waals surface area contributed by atoms with Crippen LogP contribution in [0.5, 0.6) is 17.2 Å². The highest BCUT2D eigenvalue weighted by Gasteiger charge is 2.12. The van der Waals surface area contributed by atoms with Crippen LogP contribution in [0.25, 0.3) is 0 Å². The van der Waals surface area contributed by atoms with Crippen LogP contribution in [0.3, 0.4) is 0 Å². The summed E-state index contributed by atoms with van der Waals surface area (Å²) in [5.41, 5.74) is 4.37. The quantitative estimate of drug-likeness (QED) is 0.355. The highest BCUT2D eigenvalue weighted by molar-refractivity contribution is 9.10. The van der Waals surface area contributed by atoms with E-state index >= 15 is 0 Å². The lowest BCUT2D eigenvalue weighted by Gasteiger charge is -2.14. The normalized spacial score (nSPS) is 10.8. The Morgan fingerprint density at radius 3 is 2.63 bits per heavy atom. The molecular formula is C22H18BrClN2O4. The van der Waals surface area contributed by atoms with Gasteiger partial charge in [0.2, 0.25) is 0 Å². The van der Waals surface area contributed by atoms with Gasteiger partial charge in [-0.3, -0.25) is 4.79 Å². The van der Waals surface area contributed by atoms with Crippen LogP contribution >= 0.6 is 27.5 Å². The number of benzene rings is 3. The summed E-state index contributed by atoms with van der Waals surface area (Å²) in [5.74, 6) is 0.728. The molecule has 30 heavy (non-hydrogen) atoms. The molecule has 0 aliphatic carbocycles. The number of hydrazone groups is 1. The van der Waals surface area contributed by atoms with Gasteiger partial charge in [0.15, 0.2) is 11.5 Å². The van der Waals surface area contributed by atoms with Gasteiger partial charge in [-0.1, -0.05) is 29.8 Å². The third-order valence-electron chi connectivity index (χ3n) is 4.09. The minimum atomic E-state index is -0.392. The lowest BCUT2D eigenvalue weighted by Crippen LogP contribution is -2.17. The van der Waals surface area contributed by atoms with Crippen LogP contribution in [0, 0.1) is 0 Å². The van der Waals surface area contributed by atoms with Crippen molar-refractivity contribution >= 4 is 39.7 Å². The lowest BCUT2D eigenvalue weighted by atomic mass is 10.2. The summed E-state index contributed by atoms with van der Waals surface area (Å²) in [6.45, 7) is 0.282. The molecule has 2 N–H and O–H groups in total. The van der Waals surface area contributed by atoms with Crippen molar-refractivity contribution in [2.75, 3.05) is 7.11 Å². The molecular weight excluding hydrogens is 472 g/mol. The smallest absolute Gasteiger partial charge is 0.271 e. The Balaban J connectivity index is 1.70. The van der Waals surface area contributed by atoms with E-state index in [0.29, 0.717) is 32.1 Å². The number of ether oxygens (including phenoxy) is 2. The first-order chi connectivity index (χ1) is 14.5. The number of halogens is 2. The average molecular weight is 490 g/mol. The van der Waals surface area contributed by atoms with Crippen LogP contribution in [0.2, 0.25) is 5.02 Å². The summed E-state index contributed by atoms with van der Waals surface area (Å²) in [4.78, 5) is 12.1. The van der Waals surface area contributed by atoms with Gasteiger partial charge in [0.1, 0.15) is 12.4 Å². The number of rotatable bonds is 7. The zero-order chi connectivity index (χ0) is 21.5. The number of nitrogens with zero attached hydrogens (tertiary/aromatic N) is 1. The van der Waals surface area contributed by atoms with Crippen molar-refractivity contribution in [1.82, 2.24) is 5.43 Å². The van der Waals surface area contributed by atoms with E-state index in [1.165, 1.54) is 37.6 Å². The van der Waals surface area contributed by atoms with Crippen LogP contribution in [0.1, 0.15) is 21.5 Å². The van der Waals surface area contributed by atoms with E-state index in [1.54, 1.807) is 18.2 Å². The first kappa shape index (κ1) is 21.7. The molecule has 0 saturated heterocycles. The monoisotopic (exact) mass is 488 g/mol. The number of amides is 1. The van der Waals surface area contributed by atoms with Crippen LogP contribution in [-0.2, 0) is 6.61 Å². The predicted octanol–water partition coefficient (Wildman–Crippen LogP) is 5.16. The number of carbonyl (C=O) groups is 1. The maximum atomic E-state index is 12.1. The maximum absolute atomic E-state index is 12.1. The van der Waals surface area contributed by atoms with E-state index in [1.807, 2.05) is 18.2 Å². The molecule has 0 bridgehead atoms. The third kappa shape index (κ3) is 5.52. The van der Waals surface area contributed by atoms with E-state index < -0.39 is 5.91 Å². The molecule has 3 aromatic rings. The molecule has 3 aromatic carbocycles. The number of carbonyl (C=O) groups excluding carboxylic acids is 1. The molecule has 0 atom stereocenters. The second-order valence-corrected chi connectivity index (χ2v) is 7.42. The van der Waals surface area contributed by atoms with Crippen LogP contribution in [0.15, 0.2) is 70.2 Å². The molecule has 0 aromatic heterocycles. The van der Waals surface area contributed by atoms with Gasteiger partial charge < -0.3 is 14.6 Å². The van der Waals surface area contributed by atoms with Crippen LogP contribution in [0.4, 0.5) is 0 Å². The van der Waals surface area contributed by atoms with E-state index in [-0.39, 0.29) is 12.4 Å². The van der Waals surface area contributed by atoms with Crippen molar-refractivity contribution in [2.24, 2.45) is 5.10 Å². The summed E-state index contributed by atoms with van der Waals surface area (Å²) >= 11 is 9.66. The predicted molar refractivity (Wildman–Crippen MR) is 120 cm³/mol. The van der Waals surface area contributed by atoms with Gasteiger partial charge >= 0.3 is 0 Å². The number of nitrogens with one attached hydrogen (secondary N) is 1. The largest absolute Gasteiger partial charge is 0.508 e. The van der Waals surface area contributed by atoms with E-state index in [0.717, 1.165) is 5.56 Å². The Labute approximate surface area is 187 Å². The summed E-state index contributed by atoms with van der Waals surface area (Å²) in [7, 11) is 1.54. The molecule has 8 heteroatoms. The van der Waals surface area contributed by atoms with Crippen molar-refractivity contribution < 1.29 is 19.4 Å². The van der Waals surface area contributed by atoms with Crippen molar-refractivity contribution in [2.45, 2.75) is 6.61 Å². The first-order valence-electron chi connectivity index (χ1n) is 8.84. The number of phenolic OH excluding ortho intramolecular Hbond substituents is 1. The van der Waals surface area contributed by atoms with Gasteiger partial charge in [0.05, 0.1) is 17.8 Å². The second kappa shape index (κ2) is 10.1. The number of hydrogen-bond acceptors (Lipinski definition) is 5. The molecule has 0 spiro atoms. The summed E-state index contributed by atoms with van der Waals surface area (Å²) < 4.78 is 12.0. The van der Waals surface area contributed by atoms with Gasteiger partial charge in [-0.2, -0.15) is 5.10 Å².